The molecule has 14 nitrogen and oxygen atoms in total. The molecule has 250 valence electrons. The lowest BCUT2D eigenvalue weighted by Gasteiger charge is -2.35. The third kappa shape index (κ3) is 12.0. The Morgan fingerprint density at radius 3 is 1.00 bits per heavy atom. The maximum atomic E-state index is 12.4. The summed E-state index contributed by atoms with van der Waals surface area (Å²) in [5, 5.41) is 29.6. The Bertz CT molecular complexity index is 875. The predicted molar refractivity (Wildman–Crippen MR) is 155 cm³/mol. The molecule has 0 aromatic carbocycles. The topological polar surface area (TPSA) is 208 Å². The minimum Gasteiger partial charge on any atom is -0.473 e. The number of carboxylic acids is 4. The summed E-state index contributed by atoms with van der Waals surface area (Å²) in [6.07, 6.45) is 15.3. The van der Waals surface area contributed by atoms with Crippen LogP contribution in [0.25, 0.3) is 0 Å². The number of carbonyl (C=O) groups is 6. The molecule has 6 atom stereocenters. The largest absolute Gasteiger partial charge is 0.473 e. The van der Waals surface area contributed by atoms with Crippen molar-refractivity contribution in [2.24, 2.45) is 11.8 Å². The van der Waals surface area contributed by atoms with Crippen LogP contribution in [0.4, 0.5) is 0 Å². The quantitative estimate of drug-likeness (QED) is 0.147. The number of fused-ring (bicyclic) bond motifs is 4. The molecule has 0 aromatic rings. The van der Waals surface area contributed by atoms with Crippen LogP contribution in [0.3, 0.4) is 0 Å². The van der Waals surface area contributed by atoms with Crippen molar-refractivity contribution in [3.05, 3.63) is 0 Å². The molecule has 2 unspecified atom stereocenters. The summed E-state index contributed by atoms with van der Waals surface area (Å²) < 4.78 is 11.2. The van der Waals surface area contributed by atoms with Gasteiger partial charge in [-0.05, 0) is 78.3 Å². The van der Waals surface area contributed by atoms with E-state index in [1.165, 1.54) is 25.7 Å². The van der Waals surface area contributed by atoms with E-state index in [1.807, 2.05) is 0 Å². The Labute approximate surface area is 257 Å². The molecule has 0 amide bonds. The number of carboxylic acid groups (broad SMARTS) is 4. The molecule has 4 aliphatic rings. The van der Waals surface area contributed by atoms with Crippen molar-refractivity contribution in [3.8, 4) is 0 Å². The molecular formula is C30H48N2O12. The van der Waals surface area contributed by atoms with Gasteiger partial charge in [0.25, 0.3) is 0 Å². The van der Waals surface area contributed by atoms with Crippen molar-refractivity contribution in [1.29, 1.82) is 0 Å². The zero-order valence-electron chi connectivity index (χ0n) is 25.7. The third-order valence-electron chi connectivity index (χ3n) is 9.26. The highest BCUT2D eigenvalue weighted by atomic mass is 16.5. The predicted octanol–water partition coefficient (Wildman–Crippen LogP) is 2.47. The zero-order chi connectivity index (χ0) is 32.8. The van der Waals surface area contributed by atoms with Crippen LogP contribution in [0.5, 0.6) is 0 Å². The second-order valence-corrected chi connectivity index (χ2v) is 12.1. The highest BCUT2D eigenvalue weighted by Gasteiger charge is 2.42. The molecule has 4 heterocycles. The fourth-order valence-electron chi connectivity index (χ4n) is 6.70. The summed E-state index contributed by atoms with van der Waals surface area (Å²) in [7, 11) is 4.40. The Morgan fingerprint density at radius 1 is 0.500 bits per heavy atom. The average molecular weight is 629 g/mol. The first-order valence-corrected chi connectivity index (χ1v) is 15.5. The number of ether oxygens (including phenoxy) is 2. The van der Waals surface area contributed by atoms with Gasteiger partial charge < -0.3 is 39.7 Å². The fourth-order valence-corrected chi connectivity index (χ4v) is 6.70. The van der Waals surface area contributed by atoms with Crippen LogP contribution in [-0.4, -0.2) is 118 Å². The second-order valence-electron chi connectivity index (χ2n) is 12.1. The third-order valence-corrected chi connectivity index (χ3v) is 9.26. The van der Waals surface area contributed by atoms with Gasteiger partial charge >= 0.3 is 35.8 Å². The summed E-state index contributed by atoms with van der Waals surface area (Å²) in [6, 6.07) is 2.35. The van der Waals surface area contributed by atoms with Crippen LogP contribution in [0.15, 0.2) is 0 Å². The minimum atomic E-state index is -1.82. The van der Waals surface area contributed by atoms with Crippen molar-refractivity contribution in [3.63, 3.8) is 0 Å². The number of esters is 2. The van der Waals surface area contributed by atoms with E-state index in [4.69, 9.17) is 49.1 Å². The van der Waals surface area contributed by atoms with Crippen molar-refractivity contribution in [2.45, 2.75) is 114 Å². The van der Waals surface area contributed by atoms with Gasteiger partial charge in [0.1, 0.15) is 0 Å². The molecule has 0 saturated carbocycles. The minimum absolute atomic E-state index is 0.0365. The monoisotopic (exact) mass is 628 g/mol. The normalized spacial score (nSPS) is 27.1. The SMILES string of the molecule is CN1[C@@H]2CC[C@H]1CC(C(=O)OCCCCCCCCOC(=O)C1C[C@H]3CC[C@@H](C1)N3C)C2.O=C(O)C(=O)O.O=C(O)C(=O)O. The van der Waals surface area contributed by atoms with Crippen molar-refractivity contribution < 1.29 is 58.7 Å². The van der Waals surface area contributed by atoms with Crippen LogP contribution in [0.2, 0.25) is 0 Å². The van der Waals surface area contributed by atoms with Crippen LogP contribution < -0.4 is 0 Å². The highest BCUT2D eigenvalue weighted by Crippen LogP contribution is 2.38. The summed E-state index contributed by atoms with van der Waals surface area (Å²) >= 11 is 0. The Hall–Kier alpha value is -3.26. The fraction of sp³-hybridized carbons (Fsp3) is 0.800. The summed E-state index contributed by atoms with van der Waals surface area (Å²) in [4.78, 5) is 66.1. The Kier molecular flexibility index (Phi) is 15.5. The molecule has 44 heavy (non-hydrogen) atoms. The lowest BCUT2D eigenvalue weighted by molar-refractivity contribution is -0.159. The zero-order valence-corrected chi connectivity index (χ0v) is 25.7. The lowest BCUT2D eigenvalue weighted by Crippen LogP contribution is -2.42. The number of hydrogen-bond donors (Lipinski definition) is 4. The molecule has 4 N–H and O–H groups in total. The lowest BCUT2D eigenvalue weighted by atomic mass is 9.91. The number of unbranched alkanes of at least 4 members (excludes halogenated alkanes) is 5. The number of rotatable bonds is 11. The van der Waals surface area contributed by atoms with Crippen LogP contribution >= 0.6 is 0 Å². The van der Waals surface area contributed by atoms with Gasteiger partial charge in [0, 0.05) is 24.2 Å². The number of carbonyl (C=O) groups excluding carboxylic acids is 2. The average Bonchev–Trinajstić information content (AvgIpc) is 3.29. The van der Waals surface area contributed by atoms with Crippen LogP contribution in [-0.2, 0) is 38.2 Å². The van der Waals surface area contributed by atoms with Gasteiger partial charge in [-0.1, -0.05) is 25.7 Å². The molecule has 0 aromatic heterocycles. The molecule has 0 spiro atoms. The summed E-state index contributed by atoms with van der Waals surface area (Å²) in [5.74, 6) is -6.98. The van der Waals surface area contributed by atoms with E-state index >= 15 is 0 Å². The molecule has 4 rings (SSSR count). The van der Waals surface area contributed by atoms with Crippen LogP contribution in [0.1, 0.15) is 89.9 Å². The van der Waals surface area contributed by atoms with Gasteiger partial charge in [0.05, 0.1) is 25.0 Å². The first kappa shape index (κ1) is 36.9. The van der Waals surface area contributed by atoms with E-state index in [0.717, 1.165) is 64.2 Å². The van der Waals surface area contributed by atoms with Crippen molar-refractivity contribution >= 4 is 35.8 Å². The summed E-state index contributed by atoms with van der Waals surface area (Å²) in [5.41, 5.74) is 0. The molecule has 0 aliphatic carbocycles. The van der Waals surface area contributed by atoms with Gasteiger partial charge in [-0.15, -0.1) is 0 Å². The van der Waals surface area contributed by atoms with E-state index < -0.39 is 23.9 Å². The number of piperidine rings is 2. The van der Waals surface area contributed by atoms with Crippen LogP contribution in [0, 0.1) is 11.8 Å². The second kappa shape index (κ2) is 18.5. The molecule has 14 heteroatoms. The van der Waals surface area contributed by atoms with E-state index in [1.54, 1.807) is 0 Å². The molecule has 4 saturated heterocycles. The van der Waals surface area contributed by atoms with E-state index in [0.29, 0.717) is 37.4 Å². The Balaban J connectivity index is 0.000000477. The molecular weight excluding hydrogens is 580 g/mol. The first-order chi connectivity index (χ1) is 20.8. The molecule has 4 aliphatic heterocycles. The number of aliphatic carboxylic acids is 4. The van der Waals surface area contributed by atoms with Gasteiger partial charge in [-0.2, -0.15) is 0 Å². The first-order valence-electron chi connectivity index (χ1n) is 15.5. The van der Waals surface area contributed by atoms with Gasteiger partial charge in [-0.3, -0.25) is 9.59 Å². The maximum Gasteiger partial charge on any atom is 0.414 e. The number of hydrogen-bond acceptors (Lipinski definition) is 10. The van der Waals surface area contributed by atoms with Gasteiger partial charge in [-0.25, -0.2) is 19.2 Å². The van der Waals surface area contributed by atoms with E-state index in [2.05, 4.69) is 23.9 Å². The van der Waals surface area contributed by atoms with Crippen molar-refractivity contribution in [2.75, 3.05) is 27.3 Å². The maximum absolute atomic E-state index is 12.4. The number of nitrogens with zero attached hydrogens (tertiary/aromatic N) is 2. The molecule has 4 fully saturated rings. The van der Waals surface area contributed by atoms with Crippen molar-refractivity contribution in [1.82, 2.24) is 9.80 Å². The van der Waals surface area contributed by atoms with E-state index in [-0.39, 0.29) is 23.8 Å². The summed E-state index contributed by atoms with van der Waals surface area (Å²) in [6.45, 7) is 1.13. The Morgan fingerprint density at radius 2 is 0.750 bits per heavy atom. The molecule has 4 bridgehead atoms. The standard InChI is InChI=1S/C26H44N2O4.2C2H2O4/c1-27-21-9-10-22(27)16-19(15-21)25(29)31-13-7-5-3-4-6-8-14-32-26(30)20-17-23-11-12-24(18-20)28(23)2;2*3-1(4)2(5)6/h19-24H,3-18H2,1-2H3;2*(H,3,4)(H,5,6)/t19?,20?,21-,22+,23-,24+;;. The highest BCUT2D eigenvalue weighted by molar-refractivity contribution is 6.27. The van der Waals surface area contributed by atoms with E-state index in [9.17, 15) is 9.59 Å². The van der Waals surface area contributed by atoms with Gasteiger partial charge in [0.2, 0.25) is 0 Å². The van der Waals surface area contributed by atoms with Gasteiger partial charge in [0.15, 0.2) is 0 Å². The smallest absolute Gasteiger partial charge is 0.414 e. The molecule has 0 radical (unpaired) electrons.